The molecule has 1 aromatic rings. The zero-order valence-electron chi connectivity index (χ0n) is 27.6. The van der Waals surface area contributed by atoms with Gasteiger partial charge >= 0.3 is 6.03 Å². The van der Waals surface area contributed by atoms with Crippen LogP contribution in [-0.4, -0.2) is 53.0 Å². The Morgan fingerprint density at radius 2 is 1.73 bits per heavy atom. The van der Waals surface area contributed by atoms with Gasteiger partial charge in [-0.25, -0.2) is 4.79 Å². The van der Waals surface area contributed by atoms with Crippen LogP contribution in [0.5, 0.6) is 5.75 Å². The van der Waals surface area contributed by atoms with E-state index in [0.29, 0.717) is 42.2 Å². The number of fused-ring (bicyclic) bond motifs is 7. The minimum atomic E-state index is -0.944. The fraction of sp³-hybridized carbons (Fsp3) is 0.711. The van der Waals surface area contributed by atoms with E-state index in [1.807, 2.05) is 29.2 Å². The van der Waals surface area contributed by atoms with E-state index in [9.17, 15) is 15.0 Å². The molecule has 3 N–H and O–H groups in total. The molecule has 0 radical (unpaired) electrons. The van der Waals surface area contributed by atoms with Crippen LogP contribution in [0.4, 0.5) is 10.5 Å². The smallest absolute Gasteiger partial charge is 0.321 e. The highest BCUT2D eigenvalue weighted by Gasteiger charge is 2.63. The Hall–Kier alpha value is -2.31. The van der Waals surface area contributed by atoms with Crippen LogP contribution in [0.25, 0.3) is 0 Å². The van der Waals surface area contributed by atoms with Crippen LogP contribution in [-0.2, 0) is 0 Å². The maximum atomic E-state index is 14.1. The number of ether oxygens (including phenoxy) is 1. The Balaban J connectivity index is 1.15. The number of urea groups is 1. The molecule has 6 nitrogen and oxygen atoms in total. The highest BCUT2D eigenvalue weighted by Crippen LogP contribution is 2.66. The van der Waals surface area contributed by atoms with Crippen molar-refractivity contribution in [3.8, 4) is 5.75 Å². The summed E-state index contributed by atoms with van der Waals surface area (Å²) in [6.45, 7) is 10.6. The molecule has 0 spiro atoms. The predicted molar refractivity (Wildman–Crippen MR) is 174 cm³/mol. The Kier molecular flexibility index (Phi) is 7.33. The molecule has 0 saturated heterocycles. The van der Waals surface area contributed by atoms with Gasteiger partial charge in [0.2, 0.25) is 0 Å². The molecule has 9 unspecified atom stereocenters. The molecule has 9 atom stereocenters. The molecule has 6 saturated carbocycles. The normalized spacial score (nSPS) is 41.6. The zero-order valence-corrected chi connectivity index (χ0v) is 27.6. The van der Waals surface area contributed by atoms with Gasteiger partial charge in [0.15, 0.2) is 0 Å². The Bertz CT molecular complexity index is 1350. The number of aliphatic hydroxyl groups excluding tert-OH is 1. The Morgan fingerprint density at radius 1 is 0.977 bits per heavy atom. The molecule has 7 aliphatic rings. The van der Waals surface area contributed by atoms with Crippen LogP contribution in [0.1, 0.15) is 91.9 Å². The summed E-state index contributed by atoms with van der Waals surface area (Å²) in [6.07, 6.45) is 14.6. The van der Waals surface area contributed by atoms with Crippen molar-refractivity contribution >= 4 is 11.7 Å². The quantitative estimate of drug-likeness (QED) is 0.314. The minimum absolute atomic E-state index is 0.110. The van der Waals surface area contributed by atoms with Crippen molar-refractivity contribution in [2.24, 2.45) is 45.8 Å². The first-order chi connectivity index (χ1) is 20.9. The van der Waals surface area contributed by atoms with E-state index in [-0.39, 0.29) is 23.0 Å². The molecule has 2 amide bonds. The lowest BCUT2D eigenvalue weighted by molar-refractivity contribution is -0.121. The summed E-state index contributed by atoms with van der Waals surface area (Å²) in [4.78, 5) is 16.1. The van der Waals surface area contributed by atoms with Gasteiger partial charge in [-0.05, 0) is 129 Å². The zero-order chi connectivity index (χ0) is 31.1. The van der Waals surface area contributed by atoms with Crippen molar-refractivity contribution in [3.05, 3.63) is 47.6 Å². The molecule has 6 fully saturated rings. The van der Waals surface area contributed by atoms with Gasteiger partial charge in [0, 0.05) is 17.6 Å². The third kappa shape index (κ3) is 4.60. The van der Waals surface area contributed by atoms with Gasteiger partial charge in [0.25, 0.3) is 0 Å². The van der Waals surface area contributed by atoms with Crippen molar-refractivity contribution < 1.29 is 19.7 Å². The van der Waals surface area contributed by atoms with Gasteiger partial charge in [0.1, 0.15) is 5.75 Å². The largest absolute Gasteiger partial charge is 0.497 e. The van der Waals surface area contributed by atoms with E-state index in [1.54, 1.807) is 7.11 Å². The fourth-order valence-electron chi connectivity index (χ4n) is 11.2. The van der Waals surface area contributed by atoms with Crippen LogP contribution < -0.4 is 10.1 Å². The van der Waals surface area contributed by atoms with Crippen LogP contribution in [0, 0.1) is 45.8 Å². The highest BCUT2D eigenvalue weighted by atomic mass is 16.5. The number of rotatable bonds is 6. The van der Waals surface area contributed by atoms with Crippen molar-refractivity contribution in [1.29, 1.82) is 0 Å². The summed E-state index contributed by atoms with van der Waals surface area (Å²) >= 11 is 0. The average Bonchev–Trinajstić information content (AvgIpc) is 3.27. The number of hydrogen-bond donors (Lipinski definition) is 3. The van der Waals surface area contributed by atoms with Gasteiger partial charge in [-0.1, -0.05) is 51.0 Å². The van der Waals surface area contributed by atoms with Crippen molar-refractivity contribution in [3.63, 3.8) is 0 Å². The SMILES string of the molecule is COc1ccc(NC(=O)N(CC2CCC3CC2C3(C)C)CC2(O)CCC3C4=CC=C5CC(O)CCC5(C)C4CCC32C)cc1. The molecular formula is C38H54N2O4. The van der Waals surface area contributed by atoms with E-state index in [1.165, 1.54) is 30.4 Å². The van der Waals surface area contributed by atoms with Crippen LogP contribution in [0.15, 0.2) is 47.6 Å². The number of amides is 2. The molecule has 0 aliphatic heterocycles. The number of methoxy groups -OCH3 is 1. The maximum absolute atomic E-state index is 14.1. The third-order valence-electron chi connectivity index (χ3n) is 14.4. The fourth-order valence-corrected chi connectivity index (χ4v) is 11.2. The van der Waals surface area contributed by atoms with E-state index in [4.69, 9.17) is 4.74 Å². The Labute approximate surface area is 264 Å². The molecule has 240 valence electrons. The molecule has 0 aromatic heterocycles. The lowest BCUT2D eigenvalue weighted by Crippen LogP contribution is -2.59. The lowest BCUT2D eigenvalue weighted by atomic mass is 9.45. The number of aliphatic hydroxyl groups is 2. The molecule has 44 heavy (non-hydrogen) atoms. The second kappa shape index (κ2) is 10.6. The molecule has 6 heteroatoms. The lowest BCUT2D eigenvalue weighted by Gasteiger charge is -2.61. The second-order valence-electron chi connectivity index (χ2n) is 16.5. The molecule has 2 bridgehead atoms. The van der Waals surface area contributed by atoms with Crippen LogP contribution in [0.3, 0.4) is 0 Å². The molecule has 7 aliphatic carbocycles. The first kappa shape index (κ1) is 30.3. The number of carbonyl (C=O) groups is 1. The van der Waals surface area contributed by atoms with Gasteiger partial charge in [0.05, 0.1) is 25.4 Å². The molecule has 0 heterocycles. The van der Waals surface area contributed by atoms with Crippen molar-refractivity contribution in [2.45, 2.75) is 104 Å². The summed E-state index contributed by atoms with van der Waals surface area (Å²) in [5.41, 5.74) is 2.91. The van der Waals surface area contributed by atoms with Crippen molar-refractivity contribution in [1.82, 2.24) is 4.90 Å². The highest BCUT2D eigenvalue weighted by molar-refractivity contribution is 5.89. The summed E-state index contributed by atoms with van der Waals surface area (Å²) in [5.74, 6) is 3.48. The standard InChI is InChI=1S/C38H54N2O4/c1-35(2)25-7-6-24(33(35)21-25)22-40(34(42)39-27-9-11-29(44-5)12-10-27)23-38(43)19-16-32-30-13-8-26-20-28(41)14-17-36(26,3)31(30)15-18-37(32,38)4/h8-13,24-25,28,31-33,41,43H,6-7,14-23H2,1-5H3,(H,39,42). The van der Waals surface area contributed by atoms with E-state index in [0.717, 1.165) is 62.3 Å². The van der Waals surface area contributed by atoms with Gasteiger partial charge in [-0.2, -0.15) is 0 Å². The number of benzene rings is 1. The number of nitrogens with one attached hydrogen (secondary N) is 1. The first-order valence-electron chi connectivity index (χ1n) is 17.4. The summed E-state index contributed by atoms with van der Waals surface area (Å²) in [5, 5.41) is 26.3. The Morgan fingerprint density at radius 3 is 2.43 bits per heavy atom. The summed E-state index contributed by atoms with van der Waals surface area (Å²) < 4.78 is 5.32. The summed E-state index contributed by atoms with van der Waals surface area (Å²) in [6, 6.07) is 7.41. The van der Waals surface area contributed by atoms with E-state index >= 15 is 0 Å². The van der Waals surface area contributed by atoms with Gasteiger partial charge < -0.3 is 25.2 Å². The van der Waals surface area contributed by atoms with Crippen LogP contribution in [0.2, 0.25) is 0 Å². The average molecular weight is 603 g/mol. The van der Waals surface area contributed by atoms with Crippen LogP contribution >= 0.6 is 0 Å². The third-order valence-corrected chi connectivity index (χ3v) is 14.4. The molecular weight excluding hydrogens is 548 g/mol. The topological polar surface area (TPSA) is 82.0 Å². The van der Waals surface area contributed by atoms with E-state index < -0.39 is 5.60 Å². The molecule has 1 aromatic carbocycles. The maximum Gasteiger partial charge on any atom is 0.321 e. The van der Waals surface area contributed by atoms with E-state index in [2.05, 4.69) is 45.2 Å². The summed E-state index contributed by atoms with van der Waals surface area (Å²) in [7, 11) is 1.65. The van der Waals surface area contributed by atoms with Gasteiger partial charge in [-0.3, -0.25) is 0 Å². The van der Waals surface area contributed by atoms with Gasteiger partial charge in [-0.15, -0.1) is 0 Å². The minimum Gasteiger partial charge on any atom is -0.497 e. The molecule has 8 rings (SSSR count). The number of carbonyl (C=O) groups excluding carboxylic acids is 1. The number of hydrogen-bond acceptors (Lipinski definition) is 4. The number of nitrogens with zero attached hydrogens (tertiary/aromatic N) is 1. The number of allylic oxidation sites excluding steroid dienone is 3. The predicted octanol–water partition coefficient (Wildman–Crippen LogP) is 7.58. The monoisotopic (exact) mass is 602 g/mol. The first-order valence-corrected chi connectivity index (χ1v) is 17.4. The van der Waals surface area contributed by atoms with Crippen molar-refractivity contribution in [2.75, 3.05) is 25.5 Å². The second-order valence-corrected chi connectivity index (χ2v) is 16.5. The number of anilines is 1.